The normalized spacial score (nSPS) is 15.2. The van der Waals surface area contributed by atoms with E-state index in [1.807, 2.05) is 0 Å². The Hall–Kier alpha value is -2.45. The van der Waals surface area contributed by atoms with Crippen LogP contribution in [0, 0.1) is 11.7 Å². The number of hydrogen-bond donors (Lipinski definition) is 1. The lowest BCUT2D eigenvalue weighted by Crippen LogP contribution is -2.37. The molecule has 1 saturated heterocycles. The standard InChI is InChI=1S/C22H22F4N4.ClH/c23-17-3-1-15(2-4-17)13-27-14-16-8-11-30(12-9-16)21-18-5-6-20(22(24,25)26)29-19(18)7-10-28-21;/h1-7,10,16,27H,8-9,11-14H2;1H. The van der Waals surface area contributed by atoms with Gasteiger partial charge in [0.25, 0.3) is 0 Å². The van der Waals surface area contributed by atoms with Crippen molar-refractivity contribution in [3.8, 4) is 0 Å². The van der Waals surface area contributed by atoms with Crippen LogP contribution in [0.5, 0.6) is 0 Å². The number of rotatable bonds is 5. The molecule has 3 aromatic rings. The molecule has 1 fully saturated rings. The number of pyridine rings is 2. The molecule has 0 aliphatic carbocycles. The first-order valence-corrected chi connectivity index (χ1v) is 9.93. The molecule has 166 valence electrons. The quantitative estimate of drug-likeness (QED) is 0.537. The Kier molecular flexibility index (Phi) is 7.33. The molecular formula is C22H23ClF4N4. The van der Waals surface area contributed by atoms with Gasteiger partial charge in [0.15, 0.2) is 0 Å². The van der Waals surface area contributed by atoms with Gasteiger partial charge in [-0.3, -0.25) is 0 Å². The SMILES string of the molecule is Cl.Fc1ccc(CNCC2CCN(c3nccc4nc(C(F)(F)F)ccc34)CC2)cc1. The second-order valence-corrected chi connectivity index (χ2v) is 7.58. The van der Waals surface area contributed by atoms with Crippen LogP contribution in [0.15, 0.2) is 48.7 Å². The van der Waals surface area contributed by atoms with Crippen LogP contribution in [0.3, 0.4) is 0 Å². The van der Waals surface area contributed by atoms with Crippen LogP contribution in [0.2, 0.25) is 0 Å². The lowest BCUT2D eigenvalue weighted by atomic mass is 9.96. The van der Waals surface area contributed by atoms with Gasteiger partial charge in [0, 0.05) is 31.2 Å². The van der Waals surface area contributed by atoms with E-state index in [1.54, 1.807) is 12.1 Å². The van der Waals surface area contributed by atoms with Crippen molar-refractivity contribution in [3.63, 3.8) is 0 Å². The lowest BCUT2D eigenvalue weighted by molar-refractivity contribution is -0.140. The molecule has 0 radical (unpaired) electrons. The van der Waals surface area contributed by atoms with Crippen molar-refractivity contribution in [3.05, 3.63) is 65.7 Å². The summed E-state index contributed by atoms with van der Waals surface area (Å²) in [5.74, 6) is 0.955. The zero-order valence-corrected chi connectivity index (χ0v) is 17.5. The smallest absolute Gasteiger partial charge is 0.356 e. The fraction of sp³-hybridized carbons (Fsp3) is 0.364. The molecule has 3 heterocycles. The van der Waals surface area contributed by atoms with E-state index >= 15 is 0 Å². The second-order valence-electron chi connectivity index (χ2n) is 7.58. The highest BCUT2D eigenvalue weighted by molar-refractivity contribution is 5.89. The first kappa shape index (κ1) is 23.2. The summed E-state index contributed by atoms with van der Waals surface area (Å²) in [5.41, 5.74) is 0.454. The van der Waals surface area contributed by atoms with Gasteiger partial charge in [-0.2, -0.15) is 13.2 Å². The molecule has 4 nitrogen and oxygen atoms in total. The Labute approximate surface area is 184 Å². The van der Waals surface area contributed by atoms with Gasteiger partial charge < -0.3 is 10.2 Å². The van der Waals surface area contributed by atoms with E-state index in [1.165, 1.54) is 30.5 Å². The average Bonchev–Trinajstić information content (AvgIpc) is 2.74. The van der Waals surface area contributed by atoms with Crippen molar-refractivity contribution in [1.82, 2.24) is 15.3 Å². The predicted molar refractivity (Wildman–Crippen MR) is 115 cm³/mol. The molecule has 0 amide bonds. The highest BCUT2D eigenvalue weighted by Crippen LogP contribution is 2.32. The summed E-state index contributed by atoms with van der Waals surface area (Å²) in [7, 11) is 0. The minimum absolute atomic E-state index is 0. The Morgan fingerprint density at radius 3 is 2.39 bits per heavy atom. The second kappa shape index (κ2) is 9.78. The van der Waals surface area contributed by atoms with Crippen LogP contribution in [0.4, 0.5) is 23.4 Å². The Bertz CT molecular complexity index is 1000. The van der Waals surface area contributed by atoms with Gasteiger partial charge in [0.05, 0.1) is 5.52 Å². The Balaban J connectivity index is 0.00000272. The monoisotopic (exact) mass is 454 g/mol. The highest BCUT2D eigenvalue weighted by Gasteiger charge is 2.32. The van der Waals surface area contributed by atoms with Crippen molar-refractivity contribution in [2.45, 2.75) is 25.6 Å². The van der Waals surface area contributed by atoms with Gasteiger partial charge in [-0.25, -0.2) is 14.4 Å². The first-order valence-electron chi connectivity index (χ1n) is 9.93. The third-order valence-corrected chi connectivity index (χ3v) is 5.47. The molecule has 1 N–H and O–H groups in total. The van der Waals surface area contributed by atoms with Crippen LogP contribution >= 0.6 is 12.4 Å². The number of piperidine rings is 1. The third kappa shape index (κ3) is 5.62. The van der Waals surface area contributed by atoms with Crippen LogP contribution < -0.4 is 10.2 Å². The van der Waals surface area contributed by atoms with E-state index in [2.05, 4.69) is 20.2 Å². The number of alkyl halides is 3. The maximum absolute atomic E-state index is 13.0. The van der Waals surface area contributed by atoms with E-state index in [0.29, 0.717) is 29.2 Å². The summed E-state index contributed by atoms with van der Waals surface area (Å²) in [5, 5.41) is 4.06. The summed E-state index contributed by atoms with van der Waals surface area (Å²) in [6.45, 7) is 3.13. The summed E-state index contributed by atoms with van der Waals surface area (Å²) in [6.07, 6.45) is -1.02. The van der Waals surface area contributed by atoms with E-state index in [9.17, 15) is 17.6 Å². The van der Waals surface area contributed by atoms with E-state index in [-0.39, 0.29) is 18.2 Å². The topological polar surface area (TPSA) is 41.0 Å². The van der Waals surface area contributed by atoms with Gasteiger partial charge in [0.1, 0.15) is 17.3 Å². The van der Waals surface area contributed by atoms with E-state index < -0.39 is 11.9 Å². The Morgan fingerprint density at radius 2 is 1.71 bits per heavy atom. The number of nitrogens with zero attached hydrogens (tertiary/aromatic N) is 3. The van der Waals surface area contributed by atoms with Gasteiger partial charge >= 0.3 is 6.18 Å². The number of nitrogens with one attached hydrogen (secondary N) is 1. The molecule has 0 atom stereocenters. The molecule has 31 heavy (non-hydrogen) atoms. The lowest BCUT2D eigenvalue weighted by Gasteiger charge is -2.33. The number of fused-ring (bicyclic) bond motifs is 1. The summed E-state index contributed by atoms with van der Waals surface area (Å²) in [4.78, 5) is 10.3. The molecule has 1 aliphatic heterocycles. The number of hydrogen-bond acceptors (Lipinski definition) is 4. The number of aromatic nitrogens is 2. The van der Waals surface area contributed by atoms with Crippen LogP contribution in [0.1, 0.15) is 24.1 Å². The molecule has 4 rings (SSSR count). The third-order valence-electron chi connectivity index (χ3n) is 5.47. The number of benzene rings is 1. The molecule has 0 spiro atoms. The number of anilines is 1. The van der Waals surface area contributed by atoms with Gasteiger partial charge in [-0.1, -0.05) is 12.1 Å². The van der Waals surface area contributed by atoms with Crippen LogP contribution in [0.25, 0.3) is 10.9 Å². The molecule has 1 aliphatic rings. The molecular weight excluding hydrogens is 432 g/mol. The summed E-state index contributed by atoms with van der Waals surface area (Å²) < 4.78 is 51.8. The minimum Gasteiger partial charge on any atom is -0.356 e. The zero-order chi connectivity index (χ0) is 21.1. The fourth-order valence-electron chi connectivity index (χ4n) is 3.82. The molecule has 0 bridgehead atoms. The highest BCUT2D eigenvalue weighted by atomic mass is 35.5. The van der Waals surface area contributed by atoms with Crippen LogP contribution in [-0.4, -0.2) is 29.6 Å². The molecule has 0 unspecified atom stereocenters. The maximum atomic E-state index is 13.0. The van der Waals surface area contributed by atoms with Crippen molar-refractivity contribution in [1.29, 1.82) is 0 Å². The van der Waals surface area contributed by atoms with Gasteiger partial charge in [-0.15, -0.1) is 12.4 Å². The van der Waals surface area contributed by atoms with Crippen molar-refractivity contribution < 1.29 is 17.6 Å². The molecule has 2 aromatic heterocycles. The minimum atomic E-state index is -4.46. The molecule has 1 aromatic carbocycles. The predicted octanol–water partition coefficient (Wildman–Crippen LogP) is 5.22. The van der Waals surface area contributed by atoms with E-state index in [0.717, 1.165) is 44.1 Å². The maximum Gasteiger partial charge on any atom is 0.433 e. The van der Waals surface area contributed by atoms with Crippen LogP contribution in [-0.2, 0) is 12.7 Å². The molecule has 9 heteroatoms. The summed E-state index contributed by atoms with van der Waals surface area (Å²) in [6, 6.07) is 10.5. The van der Waals surface area contributed by atoms with Crippen molar-refractivity contribution in [2.24, 2.45) is 5.92 Å². The van der Waals surface area contributed by atoms with Gasteiger partial charge in [0.2, 0.25) is 0 Å². The summed E-state index contributed by atoms with van der Waals surface area (Å²) >= 11 is 0. The first-order chi connectivity index (χ1) is 14.4. The molecule has 0 saturated carbocycles. The van der Waals surface area contributed by atoms with E-state index in [4.69, 9.17) is 0 Å². The Morgan fingerprint density at radius 1 is 1.00 bits per heavy atom. The zero-order valence-electron chi connectivity index (χ0n) is 16.7. The average molecular weight is 455 g/mol. The fourth-order valence-corrected chi connectivity index (χ4v) is 3.82. The largest absolute Gasteiger partial charge is 0.433 e. The van der Waals surface area contributed by atoms with Gasteiger partial charge in [-0.05, 0) is 61.2 Å². The van der Waals surface area contributed by atoms with Crippen molar-refractivity contribution in [2.75, 3.05) is 24.5 Å². The number of halogens is 5. The van der Waals surface area contributed by atoms with Crippen molar-refractivity contribution >= 4 is 29.1 Å².